The first kappa shape index (κ1) is 32.4. The van der Waals surface area contributed by atoms with Gasteiger partial charge in [-0.05, 0) is 24.5 Å². The first-order chi connectivity index (χ1) is 19.3. The lowest BCUT2D eigenvalue weighted by Gasteiger charge is -2.52. The predicted molar refractivity (Wildman–Crippen MR) is 158 cm³/mol. The largest absolute Gasteiger partial charge is 0.455 e. The van der Waals surface area contributed by atoms with Gasteiger partial charge in [0.2, 0.25) is 0 Å². The molecule has 4 rings (SSSR count). The summed E-state index contributed by atoms with van der Waals surface area (Å²) in [4.78, 5) is 26.2. The fourth-order valence-corrected chi connectivity index (χ4v) is 8.84. The van der Waals surface area contributed by atoms with Crippen LogP contribution < -0.4 is 0 Å². The van der Waals surface area contributed by atoms with Gasteiger partial charge in [-0.25, -0.2) is 0 Å². The maximum Gasteiger partial charge on any atom is 0.306 e. The number of rotatable bonds is 14. The number of ketones is 1. The molecule has 0 saturated heterocycles. The van der Waals surface area contributed by atoms with Crippen molar-refractivity contribution in [1.82, 2.24) is 0 Å². The number of aliphatic hydroxyl groups is 4. The summed E-state index contributed by atoms with van der Waals surface area (Å²) >= 11 is 0. The maximum absolute atomic E-state index is 13.1. The Morgan fingerprint density at radius 3 is 2.10 bits per heavy atom. The molecule has 0 heterocycles. The summed E-state index contributed by atoms with van der Waals surface area (Å²) in [7, 11) is 0. The number of carbonyl (C=O) groups is 2. The van der Waals surface area contributed by atoms with Crippen LogP contribution in [0.5, 0.6) is 0 Å². The van der Waals surface area contributed by atoms with Crippen LogP contribution in [0.1, 0.15) is 118 Å². The summed E-state index contributed by atoms with van der Waals surface area (Å²) < 4.78 is 6.19. The van der Waals surface area contributed by atoms with Gasteiger partial charge >= 0.3 is 5.97 Å². The first-order valence-electron chi connectivity index (χ1n) is 16.2. The molecular weight excluding hydrogens is 520 g/mol. The number of fused-ring (bicyclic) bond motifs is 5. The molecular formula is C34H54O7. The minimum absolute atomic E-state index is 0.0821. The lowest BCUT2D eigenvalue weighted by atomic mass is 9.59. The second-order valence-corrected chi connectivity index (χ2v) is 14.1. The second kappa shape index (κ2) is 12.2. The van der Waals surface area contributed by atoms with E-state index in [1.807, 2.05) is 13.8 Å². The molecule has 0 aromatic carbocycles. The molecule has 7 nitrogen and oxygen atoms in total. The predicted octanol–water partition coefficient (Wildman–Crippen LogP) is 5.18. The summed E-state index contributed by atoms with van der Waals surface area (Å²) in [6, 6.07) is 0. The Morgan fingerprint density at radius 1 is 0.976 bits per heavy atom. The monoisotopic (exact) mass is 574 g/mol. The van der Waals surface area contributed by atoms with E-state index in [1.165, 1.54) is 51.4 Å². The molecule has 0 aromatic heterocycles. The van der Waals surface area contributed by atoms with Crippen LogP contribution in [0.15, 0.2) is 23.3 Å². The van der Waals surface area contributed by atoms with E-state index in [9.17, 15) is 30.0 Å². The molecule has 2 saturated carbocycles. The zero-order valence-corrected chi connectivity index (χ0v) is 26.0. The molecule has 7 heteroatoms. The zero-order chi connectivity index (χ0) is 30.2. The number of ether oxygens (including phenoxy) is 1. The summed E-state index contributed by atoms with van der Waals surface area (Å²) in [6.07, 6.45) is 15.5. The van der Waals surface area contributed by atoms with Crippen LogP contribution in [0.2, 0.25) is 0 Å². The molecule has 4 aliphatic carbocycles. The fourth-order valence-electron chi connectivity index (χ4n) is 8.84. The van der Waals surface area contributed by atoms with Crippen molar-refractivity contribution < 1.29 is 34.8 Å². The zero-order valence-electron chi connectivity index (χ0n) is 26.0. The van der Waals surface area contributed by atoms with E-state index in [2.05, 4.69) is 6.92 Å². The van der Waals surface area contributed by atoms with Gasteiger partial charge < -0.3 is 25.2 Å². The Balaban J connectivity index is 1.41. The highest BCUT2D eigenvalue weighted by atomic mass is 16.6. The number of Topliss-reactive ketones (excluding diaryl/α,β-unsaturated/α-hetero) is 1. The molecule has 8 atom stereocenters. The van der Waals surface area contributed by atoms with Crippen molar-refractivity contribution in [3.8, 4) is 0 Å². The van der Waals surface area contributed by atoms with Gasteiger partial charge in [0.25, 0.3) is 0 Å². The third kappa shape index (κ3) is 5.27. The van der Waals surface area contributed by atoms with Crippen molar-refractivity contribution in [3.63, 3.8) is 0 Å². The van der Waals surface area contributed by atoms with Gasteiger partial charge in [-0.1, -0.05) is 104 Å². The fraction of sp³-hybridized carbons (Fsp3) is 0.824. The quantitative estimate of drug-likeness (QED) is 0.128. The van der Waals surface area contributed by atoms with Crippen LogP contribution in [0.3, 0.4) is 0 Å². The molecule has 4 N–H and O–H groups in total. The Bertz CT molecular complexity index is 1050. The highest BCUT2D eigenvalue weighted by Gasteiger charge is 2.86. The van der Waals surface area contributed by atoms with E-state index in [-0.39, 0.29) is 25.4 Å². The van der Waals surface area contributed by atoms with Gasteiger partial charge in [-0.15, -0.1) is 0 Å². The first-order valence-corrected chi connectivity index (χ1v) is 16.2. The smallest absolute Gasteiger partial charge is 0.306 e. The number of carbonyl (C=O) groups excluding carboxylic acids is 2. The van der Waals surface area contributed by atoms with E-state index >= 15 is 0 Å². The second-order valence-electron chi connectivity index (χ2n) is 14.1. The van der Waals surface area contributed by atoms with Crippen molar-refractivity contribution in [2.24, 2.45) is 29.1 Å². The van der Waals surface area contributed by atoms with Crippen LogP contribution >= 0.6 is 0 Å². The highest BCUT2D eigenvalue weighted by molar-refractivity contribution is 6.04. The average molecular weight is 575 g/mol. The molecule has 0 aliphatic heterocycles. The molecule has 232 valence electrons. The third-order valence-corrected chi connectivity index (χ3v) is 11.3. The van der Waals surface area contributed by atoms with Crippen LogP contribution in [0, 0.1) is 29.1 Å². The van der Waals surface area contributed by atoms with Gasteiger partial charge in [0.05, 0.1) is 18.3 Å². The minimum Gasteiger partial charge on any atom is -0.455 e. The van der Waals surface area contributed by atoms with E-state index in [4.69, 9.17) is 4.74 Å². The van der Waals surface area contributed by atoms with Gasteiger partial charge in [-0.3, -0.25) is 9.59 Å². The molecule has 2 fully saturated rings. The van der Waals surface area contributed by atoms with E-state index in [1.54, 1.807) is 26.0 Å². The van der Waals surface area contributed by atoms with E-state index < -0.39 is 57.8 Å². The summed E-state index contributed by atoms with van der Waals surface area (Å²) in [5.41, 5.74) is -4.54. The number of hydrogen-bond acceptors (Lipinski definition) is 7. The van der Waals surface area contributed by atoms with Crippen LogP contribution in [0.25, 0.3) is 0 Å². The minimum atomic E-state index is -1.89. The van der Waals surface area contributed by atoms with Gasteiger partial charge in [0.15, 0.2) is 5.78 Å². The summed E-state index contributed by atoms with van der Waals surface area (Å²) in [5.74, 6) is -3.60. The lowest BCUT2D eigenvalue weighted by Crippen LogP contribution is -2.65. The van der Waals surface area contributed by atoms with Gasteiger partial charge in [-0.2, -0.15) is 0 Å². The lowest BCUT2D eigenvalue weighted by molar-refractivity contribution is -0.219. The van der Waals surface area contributed by atoms with Gasteiger partial charge in [0.1, 0.15) is 11.2 Å². The Kier molecular flexibility index (Phi) is 9.65. The van der Waals surface area contributed by atoms with E-state index in [0.717, 1.165) is 19.3 Å². The van der Waals surface area contributed by atoms with Crippen LogP contribution in [0.4, 0.5) is 0 Å². The molecule has 0 spiro atoms. The number of esters is 1. The third-order valence-electron chi connectivity index (χ3n) is 11.3. The molecule has 41 heavy (non-hydrogen) atoms. The number of aliphatic hydroxyl groups excluding tert-OH is 2. The van der Waals surface area contributed by atoms with Crippen molar-refractivity contribution in [2.75, 3.05) is 6.61 Å². The Labute approximate surface area is 246 Å². The normalized spacial score (nSPS) is 38.8. The number of hydrogen-bond donors (Lipinski definition) is 4. The van der Waals surface area contributed by atoms with Crippen molar-refractivity contribution in [3.05, 3.63) is 23.3 Å². The highest BCUT2D eigenvalue weighted by Crippen LogP contribution is 2.76. The van der Waals surface area contributed by atoms with E-state index in [0.29, 0.717) is 11.1 Å². The Hall–Kier alpha value is -1.54. The summed E-state index contributed by atoms with van der Waals surface area (Å²) in [5, 5.41) is 45.9. The van der Waals surface area contributed by atoms with Gasteiger partial charge in [0, 0.05) is 41.9 Å². The Morgan fingerprint density at radius 2 is 1.54 bits per heavy atom. The average Bonchev–Trinajstić information content (AvgIpc) is 3.36. The van der Waals surface area contributed by atoms with Crippen molar-refractivity contribution >= 4 is 11.8 Å². The standard InChI is InChI=1S/C34H54O7/c1-6-7-8-9-10-11-12-13-14-15-16-17-27(36)41-34-28(31(34,4)5)25-19-24(21-35)20-32(39)26(18-22(2)29(32)37)33(25,40)23(3)30(34)38/h18-19,23,25-26,28,30,35,38-40H,6-17,20-21H2,1-5H3/t23-,25+,26?,28+,30-,32-,33-,34-/m1/s1. The summed E-state index contributed by atoms with van der Waals surface area (Å²) in [6.45, 7) is 9.10. The molecule has 0 bridgehead atoms. The number of unbranched alkanes of at least 4 members (excludes halogenated alkanes) is 10. The maximum atomic E-state index is 13.1. The van der Waals surface area contributed by atoms with Crippen molar-refractivity contribution in [2.45, 2.75) is 141 Å². The molecule has 1 unspecified atom stereocenters. The van der Waals surface area contributed by atoms with Crippen LogP contribution in [-0.4, -0.2) is 61.7 Å². The molecule has 0 amide bonds. The topological polar surface area (TPSA) is 124 Å². The van der Waals surface area contributed by atoms with Crippen molar-refractivity contribution in [1.29, 1.82) is 0 Å². The SMILES string of the molecule is CCCCCCCCCCCCCC(=O)O[C@@]12[C@H](O)[C@@H](C)[C@]3(O)C4C=C(C)C(=O)[C@@]4(O)CC(CO)=C[C@H]3[C@H]1C2(C)C. The molecule has 4 aliphatic rings. The molecule has 0 radical (unpaired) electrons. The van der Waals surface area contributed by atoms with Crippen LogP contribution in [-0.2, 0) is 14.3 Å². The molecule has 0 aromatic rings.